The second kappa shape index (κ2) is 12.2. The van der Waals surface area contributed by atoms with Crippen LogP contribution in [0.2, 0.25) is 25.7 Å². The van der Waals surface area contributed by atoms with Crippen LogP contribution in [0.3, 0.4) is 0 Å². The summed E-state index contributed by atoms with van der Waals surface area (Å²) in [5, 5.41) is 20.1. The molecule has 0 radical (unpaired) electrons. The fraction of sp³-hybridized carbons (Fsp3) is 0.400. The van der Waals surface area contributed by atoms with Gasteiger partial charge in [0.2, 0.25) is 0 Å². The van der Waals surface area contributed by atoms with Crippen molar-refractivity contribution in [2.45, 2.75) is 58.1 Å². The molecule has 1 atom stereocenters. The zero-order chi connectivity index (χ0) is 29.9. The van der Waals surface area contributed by atoms with Crippen LogP contribution in [0.1, 0.15) is 41.3 Å². The third kappa shape index (κ3) is 6.29. The largest absolute Gasteiger partial charge is 0.496 e. The molecule has 4 rings (SSSR count). The smallest absolute Gasteiger partial charge is 0.416 e. The van der Waals surface area contributed by atoms with Crippen LogP contribution in [0.5, 0.6) is 5.75 Å². The molecule has 2 heterocycles. The topological polar surface area (TPSA) is 129 Å². The zero-order valence-electron chi connectivity index (χ0n) is 24.4. The summed E-state index contributed by atoms with van der Waals surface area (Å²) >= 11 is 0. The molecular formula is C30H36N4O6Si. The highest BCUT2D eigenvalue weighted by molar-refractivity contribution is 6.76. The summed E-state index contributed by atoms with van der Waals surface area (Å²) in [6.07, 6.45) is 0.838. The van der Waals surface area contributed by atoms with Gasteiger partial charge in [-0.2, -0.15) is 5.26 Å². The van der Waals surface area contributed by atoms with E-state index in [1.165, 1.54) is 17.9 Å². The number of nitriles is 1. The first-order chi connectivity index (χ1) is 19.5. The van der Waals surface area contributed by atoms with E-state index in [1.54, 1.807) is 31.4 Å². The second-order valence-electron chi connectivity index (χ2n) is 11.3. The lowest BCUT2D eigenvalue weighted by molar-refractivity contribution is -0.140. The van der Waals surface area contributed by atoms with Gasteiger partial charge in [-0.25, -0.2) is 9.78 Å². The summed E-state index contributed by atoms with van der Waals surface area (Å²) in [6, 6.07) is 12.1. The number of rotatable bonds is 11. The molecule has 2 aromatic carbocycles. The Morgan fingerprint density at radius 2 is 1.93 bits per heavy atom. The van der Waals surface area contributed by atoms with E-state index >= 15 is 0 Å². The van der Waals surface area contributed by atoms with Crippen molar-refractivity contribution in [1.29, 1.82) is 5.26 Å². The molecule has 0 aliphatic rings. The van der Waals surface area contributed by atoms with E-state index in [9.17, 15) is 20.0 Å². The molecule has 10 nitrogen and oxygen atoms in total. The second-order valence-corrected chi connectivity index (χ2v) is 16.9. The van der Waals surface area contributed by atoms with E-state index < -0.39 is 20.1 Å². The number of carboxylic acid groups (broad SMARTS) is 1. The Balaban J connectivity index is 1.96. The highest BCUT2D eigenvalue weighted by Gasteiger charge is 2.30. The summed E-state index contributed by atoms with van der Waals surface area (Å²) in [5.74, 6) is 0.319. The van der Waals surface area contributed by atoms with E-state index in [1.807, 2.05) is 17.6 Å². The van der Waals surface area contributed by atoms with Gasteiger partial charge in [-0.1, -0.05) is 19.6 Å². The number of benzene rings is 2. The third-order valence-corrected chi connectivity index (χ3v) is 8.94. The van der Waals surface area contributed by atoms with E-state index in [0.717, 1.165) is 22.7 Å². The van der Waals surface area contributed by atoms with E-state index in [-0.39, 0.29) is 19.1 Å². The summed E-state index contributed by atoms with van der Waals surface area (Å²) < 4.78 is 20.1. The first-order valence-corrected chi connectivity index (χ1v) is 17.2. The van der Waals surface area contributed by atoms with Crippen LogP contribution in [0, 0.1) is 18.3 Å². The van der Waals surface area contributed by atoms with Crippen molar-refractivity contribution in [2.24, 2.45) is 0 Å². The minimum Gasteiger partial charge on any atom is -0.496 e. The van der Waals surface area contributed by atoms with Crippen LogP contribution < -0.4 is 4.74 Å². The Morgan fingerprint density at radius 3 is 2.56 bits per heavy atom. The number of aromatic nitrogens is 3. The number of carbonyl (C=O) groups is 2. The number of methoxy groups -OCH3 is 2. The van der Waals surface area contributed by atoms with Crippen LogP contribution in [0.4, 0.5) is 4.79 Å². The Kier molecular flexibility index (Phi) is 8.85. The van der Waals surface area contributed by atoms with Crippen molar-refractivity contribution in [3.05, 3.63) is 59.0 Å². The quantitative estimate of drug-likeness (QED) is 0.129. The van der Waals surface area contributed by atoms with E-state index in [0.29, 0.717) is 46.6 Å². The first kappa shape index (κ1) is 29.8. The molecular weight excluding hydrogens is 540 g/mol. The van der Waals surface area contributed by atoms with E-state index in [2.05, 4.69) is 25.7 Å². The zero-order valence-corrected chi connectivity index (χ0v) is 25.4. The van der Waals surface area contributed by atoms with Gasteiger partial charge < -0.3 is 23.9 Å². The lowest BCUT2D eigenvalue weighted by atomic mass is 9.88. The maximum atomic E-state index is 12.4. The molecule has 0 spiro atoms. The Hall–Kier alpha value is -4.14. The minimum atomic E-state index is -1.33. The Labute approximate surface area is 240 Å². The fourth-order valence-corrected chi connectivity index (χ4v) is 5.89. The molecule has 0 amide bonds. The van der Waals surface area contributed by atoms with Gasteiger partial charge >= 0.3 is 12.1 Å². The Bertz CT molecular complexity index is 1640. The van der Waals surface area contributed by atoms with Crippen molar-refractivity contribution in [2.75, 3.05) is 20.8 Å². The number of aryl methyl sites for hydroxylation is 1. The average Bonchev–Trinajstić information content (AvgIpc) is 3.53. The van der Waals surface area contributed by atoms with Crippen molar-refractivity contribution >= 4 is 42.1 Å². The van der Waals surface area contributed by atoms with Crippen molar-refractivity contribution < 1.29 is 28.9 Å². The monoisotopic (exact) mass is 576 g/mol. The Morgan fingerprint density at radius 1 is 1.17 bits per heavy atom. The number of imidazole rings is 1. The molecule has 1 N–H and O–H groups in total. The van der Waals surface area contributed by atoms with Crippen molar-refractivity contribution in [1.82, 2.24) is 14.1 Å². The van der Waals surface area contributed by atoms with Crippen LogP contribution in [-0.2, 0) is 21.0 Å². The number of esters is 1. The molecule has 0 fully saturated rings. The molecule has 1 unspecified atom stereocenters. The van der Waals surface area contributed by atoms with Gasteiger partial charge in [0.05, 0.1) is 42.4 Å². The number of hydrogen-bond donors (Lipinski definition) is 1. The molecule has 0 bridgehead atoms. The number of carbonyl (C=O) groups excluding carboxylic acids is 1. The molecule has 0 saturated carbocycles. The summed E-state index contributed by atoms with van der Waals surface area (Å²) in [4.78, 5) is 29.4. The van der Waals surface area contributed by atoms with Crippen molar-refractivity contribution in [3.8, 4) is 11.8 Å². The number of ether oxygens (including phenoxy) is 3. The summed E-state index contributed by atoms with van der Waals surface area (Å²) in [6.45, 7) is 9.48. The number of nitrogens with zero attached hydrogens (tertiary/aromatic N) is 4. The number of fused-ring (bicyclic) bond motifs is 2. The third-order valence-electron chi connectivity index (χ3n) is 7.24. The molecule has 0 saturated heterocycles. The maximum Gasteiger partial charge on any atom is 0.416 e. The number of hydrogen-bond acceptors (Lipinski definition) is 7. The molecule has 11 heteroatoms. The molecule has 0 aliphatic heterocycles. The fourth-order valence-electron chi connectivity index (χ4n) is 5.13. The molecule has 0 aliphatic carbocycles. The van der Waals surface area contributed by atoms with Gasteiger partial charge in [0.25, 0.3) is 0 Å². The van der Waals surface area contributed by atoms with Crippen molar-refractivity contribution in [3.63, 3.8) is 0 Å². The lowest BCUT2D eigenvalue weighted by Gasteiger charge is -2.23. The molecule has 216 valence electrons. The summed E-state index contributed by atoms with van der Waals surface area (Å²) in [5.41, 5.74) is 3.91. The average molecular weight is 577 g/mol. The van der Waals surface area contributed by atoms with Crippen LogP contribution in [0.15, 0.2) is 36.5 Å². The van der Waals surface area contributed by atoms with Gasteiger partial charge in [-0.3, -0.25) is 9.36 Å². The van der Waals surface area contributed by atoms with Crippen LogP contribution in [0.25, 0.3) is 21.9 Å². The highest BCUT2D eigenvalue weighted by atomic mass is 28.3. The maximum absolute atomic E-state index is 12.4. The highest BCUT2D eigenvalue weighted by Crippen LogP contribution is 2.42. The van der Waals surface area contributed by atoms with E-state index in [4.69, 9.17) is 19.2 Å². The molecule has 4 aromatic rings. The van der Waals surface area contributed by atoms with Gasteiger partial charge in [0.1, 0.15) is 18.3 Å². The van der Waals surface area contributed by atoms with Crippen LogP contribution in [-0.4, -0.2) is 60.2 Å². The predicted molar refractivity (Wildman–Crippen MR) is 158 cm³/mol. The van der Waals surface area contributed by atoms with Gasteiger partial charge in [-0.15, -0.1) is 0 Å². The SMILES string of the molecule is COC(=O)CCC(c1c(OC)cc(C)c2c1ccn2C(=O)O)c1nc2ccc(C#N)cc2n1COCC[Si](C)(C)C. The standard InChI is InChI=1S/C30H36N4O6Si/c1-19-15-25(38-2)27(21-11-12-33(28(19)21)30(36)37)22(8-10-26(35)39-3)29-32-23-9-7-20(17-31)16-24(23)34(29)18-40-13-14-41(4,5)6/h7,9,11-12,15-16,22H,8,10,13-14,18H2,1-6H3,(H,36,37). The van der Waals surface area contributed by atoms with Gasteiger partial charge in [0, 0.05) is 44.2 Å². The van der Waals surface area contributed by atoms with Gasteiger partial charge in [0.15, 0.2) is 0 Å². The lowest BCUT2D eigenvalue weighted by Crippen LogP contribution is -2.22. The van der Waals surface area contributed by atoms with Crippen LogP contribution >= 0.6 is 0 Å². The summed E-state index contributed by atoms with van der Waals surface area (Å²) in [7, 11) is 1.58. The first-order valence-electron chi connectivity index (χ1n) is 13.5. The molecule has 41 heavy (non-hydrogen) atoms. The minimum absolute atomic E-state index is 0.0997. The normalized spacial score (nSPS) is 12.4. The molecule has 2 aromatic heterocycles. The van der Waals surface area contributed by atoms with Gasteiger partial charge in [-0.05, 0) is 55.3 Å². The predicted octanol–water partition coefficient (Wildman–Crippen LogP) is 6.10.